The zero-order chi connectivity index (χ0) is 16.2. The number of aromatic nitrogens is 2. The second kappa shape index (κ2) is 7.15. The van der Waals surface area contributed by atoms with Gasteiger partial charge in [-0.3, -0.25) is 4.90 Å². The van der Waals surface area contributed by atoms with Gasteiger partial charge in [0, 0.05) is 52.9 Å². The Hall–Kier alpha value is -1.85. The maximum Gasteiger partial charge on any atom is 0.228 e. The van der Waals surface area contributed by atoms with Crippen LogP contribution in [0.1, 0.15) is 5.56 Å². The van der Waals surface area contributed by atoms with Crippen LogP contribution in [0.25, 0.3) is 0 Å². The number of piperazine rings is 1. The van der Waals surface area contributed by atoms with Crippen molar-refractivity contribution in [3.8, 4) is 0 Å². The quantitative estimate of drug-likeness (QED) is 0.804. The van der Waals surface area contributed by atoms with Gasteiger partial charge >= 0.3 is 0 Å². The summed E-state index contributed by atoms with van der Waals surface area (Å²) in [5.74, 6) is 1.56. The van der Waals surface area contributed by atoms with Gasteiger partial charge in [0.25, 0.3) is 0 Å². The molecule has 5 nitrogen and oxygen atoms in total. The minimum absolute atomic E-state index is 0.491. The molecule has 1 aromatic carbocycles. The molecule has 3 rings (SSSR count). The summed E-state index contributed by atoms with van der Waals surface area (Å²) in [6.45, 7) is 4.83. The van der Waals surface area contributed by atoms with Crippen molar-refractivity contribution in [2.24, 2.45) is 0 Å². The molecular formula is C17H22ClN5. The maximum absolute atomic E-state index is 6.13. The SMILES string of the molecule is CN(C)c1cc(Cl)nc(N2CCN(Cc3ccccc3)CC2)n1. The normalized spacial score (nSPS) is 15.7. The molecular weight excluding hydrogens is 310 g/mol. The molecule has 1 aliphatic rings. The van der Waals surface area contributed by atoms with Gasteiger partial charge in [0.1, 0.15) is 11.0 Å². The van der Waals surface area contributed by atoms with E-state index in [4.69, 9.17) is 11.6 Å². The highest BCUT2D eigenvalue weighted by molar-refractivity contribution is 6.29. The fourth-order valence-corrected chi connectivity index (χ4v) is 2.89. The molecule has 0 amide bonds. The van der Waals surface area contributed by atoms with E-state index in [0.29, 0.717) is 5.15 Å². The summed E-state index contributed by atoms with van der Waals surface area (Å²) in [7, 11) is 3.92. The maximum atomic E-state index is 6.13. The van der Waals surface area contributed by atoms with Crippen LogP contribution in [-0.4, -0.2) is 55.1 Å². The lowest BCUT2D eigenvalue weighted by molar-refractivity contribution is 0.248. The highest BCUT2D eigenvalue weighted by Gasteiger charge is 2.20. The van der Waals surface area contributed by atoms with Gasteiger partial charge in [-0.2, -0.15) is 4.98 Å². The minimum Gasteiger partial charge on any atom is -0.363 e. The lowest BCUT2D eigenvalue weighted by atomic mass is 10.2. The van der Waals surface area contributed by atoms with Gasteiger partial charge in [-0.25, -0.2) is 4.98 Å². The van der Waals surface area contributed by atoms with Gasteiger partial charge in [-0.1, -0.05) is 41.9 Å². The van der Waals surface area contributed by atoms with Gasteiger partial charge in [0.15, 0.2) is 0 Å². The third kappa shape index (κ3) is 4.12. The molecule has 122 valence electrons. The van der Waals surface area contributed by atoms with E-state index in [0.717, 1.165) is 44.5 Å². The number of anilines is 2. The number of hydrogen-bond donors (Lipinski definition) is 0. The summed E-state index contributed by atoms with van der Waals surface area (Å²) < 4.78 is 0. The molecule has 23 heavy (non-hydrogen) atoms. The second-order valence-electron chi connectivity index (χ2n) is 5.99. The molecule has 2 heterocycles. The van der Waals surface area contributed by atoms with Gasteiger partial charge in [-0.05, 0) is 5.56 Å². The average Bonchev–Trinajstić information content (AvgIpc) is 2.56. The molecule has 0 N–H and O–H groups in total. The van der Waals surface area contributed by atoms with Gasteiger partial charge < -0.3 is 9.80 Å². The zero-order valence-electron chi connectivity index (χ0n) is 13.6. The molecule has 0 saturated carbocycles. The summed E-state index contributed by atoms with van der Waals surface area (Å²) in [5, 5.41) is 0.491. The van der Waals surface area contributed by atoms with E-state index in [1.165, 1.54) is 5.56 Å². The van der Waals surface area contributed by atoms with E-state index in [1.807, 2.05) is 19.0 Å². The molecule has 0 radical (unpaired) electrons. The van der Waals surface area contributed by atoms with E-state index in [-0.39, 0.29) is 0 Å². The Kier molecular flexibility index (Phi) is 4.98. The van der Waals surface area contributed by atoms with Crippen molar-refractivity contribution in [3.63, 3.8) is 0 Å². The Labute approximate surface area is 142 Å². The lowest BCUT2D eigenvalue weighted by Gasteiger charge is -2.35. The van der Waals surface area contributed by atoms with Crippen molar-refractivity contribution in [2.45, 2.75) is 6.54 Å². The van der Waals surface area contributed by atoms with Crippen molar-refractivity contribution in [1.82, 2.24) is 14.9 Å². The lowest BCUT2D eigenvalue weighted by Crippen LogP contribution is -2.46. The Morgan fingerprint density at radius 1 is 1.04 bits per heavy atom. The topological polar surface area (TPSA) is 35.5 Å². The van der Waals surface area contributed by atoms with Crippen LogP contribution in [0.3, 0.4) is 0 Å². The van der Waals surface area contributed by atoms with Crippen molar-refractivity contribution < 1.29 is 0 Å². The Morgan fingerprint density at radius 3 is 2.39 bits per heavy atom. The molecule has 2 aromatic rings. The molecule has 1 saturated heterocycles. The minimum atomic E-state index is 0.491. The standard InChI is InChI=1S/C17H22ClN5/c1-21(2)16-12-15(18)19-17(20-16)23-10-8-22(9-11-23)13-14-6-4-3-5-7-14/h3-7,12H,8-11,13H2,1-2H3. The first-order valence-electron chi connectivity index (χ1n) is 7.85. The third-order valence-electron chi connectivity index (χ3n) is 4.03. The number of benzene rings is 1. The second-order valence-corrected chi connectivity index (χ2v) is 6.38. The zero-order valence-corrected chi connectivity index (χ0v) is 14.4. The van der Waals surface area contributed by atoms with Gasteiger partial charge in [0.05, 0.1) is 0 Å². The van der Waals surface area contributed by atoms with Crippen LogP contribution < -0.4 is 9.80 Å². The Morgan fingerprint density at radius 2 is 1.74 bits per heavy atom. The van der Waals surface area contributed by atoms with Crippen LogP contribution in [0.4, 0.5) is 11.8 Å². The number of rotatable bonds is 4. The molecule has 6 heteroatoms. The molecule has 0 spiro atoms. The smallest absolute Gasteiger partial charge is 0.228 e. The third-order valence-corrected chi connectivity index (χ3v) is 4.23. The first-order valence-corrected chi connectivity index (χ1v) is 8.23. The van der Waals surface area contributed by atoms with Crippen LogP contribution in [-0.2, 0) is 6.54 Å². The summed E-state index contributed by atoms with van der Waals surface area (Å²) in [5.41, 5.74) is 1.36. The molecule has 1 fully saturated rings. The van der Waals surface area contributed by atoms with Gasteiger partial charge in [-0.15, -0.1) is 0 Å². The van der Waals surface area contributed by atoms with Crippen molar-refractivity contribution in [2.75, 3.05) is 50.1 Å². The van der Waals surface area contributed by atoms with Crippen molar-refractivity contribution in [1.29, 1.82) is 0 Å². The first-order chi connectivity index (χ1) is 11.1. The molecule has 0 atom stereocenters. The number of nitrogens with zero attached hydrogens (tertiary/aromatic N) is 5. The summed E-state index contributed by atoms with van der Waals surface area (Å²) in [6, 6.07) is 12.4. The highest BCUT2D eigenvalue weighted by atomic mass is 35.5. The van der Waals surface area contributed by atoms with Crippen molar-refractivity contribution in [3.05, 3.63) is 47.1 Å². The molecule has 0 unspecified atom stereocenters. The Balaban J connectivity index is 1.63. The van der Waals surface area contributed by atoms with E-state index in [2.05, 4.69) is 50.1 Å². The number of hydrogen-bond acceptors (Lipinski definition) is 5. The number of halogens is 1. The Bertz CT molecular complexity index is 639. The average molecular weight is 332 g/mol. The van der Waals surface area contributed by atoms with E-state index >= 15 is 0 Å². The molecule has 0 bridgehead atoms. The van der Waals surface area contributed by atoms with Gasteiger partial charge in [0.2, 0.25) is 5.95 Å². The van der Waals surface area contributed by atoms with Crippen LogP contribution in [0.5, 0.6) is 0 Å². The fourth-order valence-electron chi connectivity index (χ4n) is 2.71. The summed E-state index contributed by atoms with van der Waals surface area (Å²) in [6.07, 6.45) is 0. The molecule has 0 aliphatic carbocycles. The highest BCUT2D eigenvalue weighted by Crippen LogP contribution is 2.20. The van der Waals surface area contributed by atoms with E-state index in [1.54, 1.807) is 6.07 Å². The van der Waals surface area contributed by atoms with Crippen LogP contribution >= 0.6 is 11.6 Å². The van der Waals surface area contributed by atoms with E-state index in [9.17, 15) is 0 Å². The van der Waals surface area contributed by atoms with Crippen LogP contribution in [0, 0.1) is 0 Å². The van der Waals surface area contributed by atoms with Crippen LogP contribution in [0.15, 0.2) is 36.4 Å². The predicted molar refractivity (Wildman–Crippen MR) is 95.3 cm³/mol. The summed E-state index contributed by atoms with van der Waals surface area (Å²) >= 11 is 6.13. The van der Waals surface area contributed by atoms with E-state index < -0.39 is 0 Å². The predicted octanol–water partition coefficient (Wildman–Crippen LogP) is 2.52. The first kappa shape index (κ1) is 16.0. The van der Waals surface area contributed by atoms with Crippen molar-refractivity contribution >= 4 is 23.4 Å². The summed E-state index contributed by atoms with van der Waals surface area (Å²) in [4.78, 5) is 15.6. The molecule has 1 aromatic heterocycles. The monoisotopic (exact) mass is 331 g/mol. The largest absolute Gasteiger partial charge is 0.363 e. The molecule has 1 aliphatic heterocycles. The fraction of sp³-hybridized carbons (Fsp3) is 0.412. The van der Waals surface area contributed by atoms with Crippen LogP contribution in [0.2, 0.25) is 5.15 Å².